The monoisotopic (exact) mass is 158 g/mol. The lowest BCUT2D eigenvalue weighted by molar-refractivity contribution is -0.120. The summed E-state index contributed by atoms with van der Waals surface area (Å²) < 4.78 is 0. The largest absolute Gasteiger partial charge is 0.303 e. The molecule has 0 radical (unpaired) electrons. The van der Waals surface area contributed by atoms with Gasteiger partial charge in [0.05, 0.1) is 6.42 Å². The van der Waals surface area contributed by atoms with E-state index in [2.05, 4.69) is 0 Å². The average molecular weight is 158 g/mol. The van der Waals surface area contributed by atoms with Crippen LogP contribution in [-0.4, -0.2) is 18.4 Å². The lowest BCUT2D eigenvalue weighted by atomic mass is 10.3. The van der Waals surface area contributed by atoms with Crippen molar-refractivity contribution in [3.8, 4) is 0 Å². The fourth-order valence-corrected chi connectivity index (χ4v) is 0.235. The highest BCUT2D eigenvalue weighted by molar-refractivity contribution is 5.87. The third-order valence-corrected chi connectivity index (χ3v) is 0.777. The van der Waals surface area contributed by atoms with Crippen LogP contribution in [0.1, 0.15) is 33.1 Å². The molecule has 0 heterocycles. The normalized spacial score (nSPS) is 7.45. The minimum atomic E-state index is -0.0787. The molecule has 0 aliphatic rings. The molecule has 0 aromatic rings. The van der Waals surface area contributed by atoms with E-state index in [0.29, 0.717) is 12.7 Å². The van der Waals surface area contributed by atoms with E-state index in [4.69, 9.17) is 0 Å². The van der Waals surface area contributed by atoms with Crippen molar-refractivity contribution < 1.29 is 14.4 Å². The van der Waals surface area contributed by atoms with Crippen molar-refractivity contribution in [3.63, 3.8) is 0 Å². The van der Waals surface area contributed by atoms with E-state index >= 15 is 0 Å². The Balaban J connectivity index is 0. The van der Waals surface area contributed by atoms with Gasteiger partial charge in [-0.05, 0) is 13.3 Å². The smallest absolute Gasteiger partial charge is 0.136 e. The molecule has 0 unspecified atom stereocenters. The van der Waals surface area contributed by atoms with Crippen LogP contribution in [0.5, 0.6) is 0 Å². The van der Waals surface area contributed by atoms with Gasteiger partial charge in [0.15, 0.2) is 0 Å². The summed E-state index contributed by atoms with van der Waals surface area (Å²) in [6, 6.07) is 0. The number of Topliss-reactive ketones (excluding diaryl/α,β-unsaturated/α-hetero) is 1. The Morgan fingerprint density at radius 2 is 1.82 bits per heavy atom. The zero-order valence-corrected chi connectivity index (χ0v) is 7.00. The lowest BCUT2D eigenvalue weighted by Crippen LogP contribution is -1.87. The third-order valence-electron chi connectivity index (χ3n) is 0.777. The Morgan fingerprint density at radius 3 is 1.82 bits per heavy atom. The van der Waals surface area contributed by atoms with Crippen LogP contribution in [-0.2, 0) is 14.4 Å². The van der Waals surface area contributed by atoms with E-state index < -0.39 is 0 Å². The van der Waals surface area contributed by atoms with Gasteiger partial charge in [0, 0.05) is 6.42 Å². The topological polar surface area (TPSA) is 51.2 Å². The van der Waals surface area contributed by atoms with Crippen LogP contribution < -0.4 is 0 Å². The van der Waals surface area contributed by atoms with Gasteiger partial charge >= 0.3 is 0 Å². The predicted molar refractivity (Wildman–Crippen MR) is 42.3 cm³/mol. The molecule has 0 saturated carbocycles. The van der Waals surface area contributed by atoms with Crippen LogP contribution >= 0.6 is 0 Å². The molecule has 0 spiro atoms. The van der Waals surface area contributed by atoms with E-state index in [0.717, 1.165) is 12.7 Å². The zero-order chi connectivity index (χ0) is 9.11. The number of ketones is 1. The Hall–Kier alpha value is -0.990. The maximum absolute atomic E-state index is 9.81. The highest BCUT2D eigenvalue weighted by atomic mass is 16.1. The van der Waals surface area contributed by atoms with Gasteiger partial charge in [-0.3, -0.25) is 4.79 Å². The van der Waals surface area contributed by atoms with Gasteiger partial charge in [0.1, 0.15) is 18.4 Å². The molecule has 11 heavy (non-hydrogen) atoms. The van der Waals surface area contributed by atoms with E-state index in [-0.39, 0.29) is 12.2 Å². The van der Waals surface area contributed by atoms with Crippen molar-refractivity contribution in [3.05, 3.63) is 0 Å². The second-order valence-electron chi connectivity index (χ2n) is 2.03. The Kier molecular flexibility index (Phi) is 13.5. The summed E-state index contributed by atoms with van der Waals surface area (Å²) in [6.07, 6.45) is 3.27. The van der Waals surface area contributed by atoms with Crippen molar-refractivity contribution in [2.45, 2.75) is 33.1 Å². The van der Waals surface area contributed by atoms with E-state index in [1.807, 2.05) is 6.92 Å². The first-order chi connectivity index (χ1) is 5.18. The first-order valence-corrected chi connectivity index (χ1v) is 3.55. The van der Waals surface area contributed by atoms with Crippen molar-refractivity contribution in [1.82, 2.24) is 0 Å². The highest BCUT2D eigenvalue weighted by Gasteiger charge is 1.83. The number of aldehydes is 2. The van der Waals surface area contributed by atoms with Crippen LogP contribution in [0, 0.1) is 0 Å². The minimum absolute atomic E-state index is 0.0556. The molecule has 0 aliphatic heterocycles. The van der Waals surface area contributed by atoms with Crippen LogP contribution in [0.4, 0.5) is 0 Å². The fourth-order valence-electron chi connectivity index (χ4n) is 0.235. The Morgan fingerprint density at radius 1 is 1.27 bits per heavy atom. The quantitative estimate of drug-likeness (QED) is 0.455. The standard InChI is InChI=1S/C4H6O2.C4H8O/c1-4(6)2-3-5;1-2-3-4-5/h3H,2H2,1H3;4H,2-3H2,1H3. The van der Waals surface area contributed by atoms with Crippen LogP contribution in [0.2, 0.25) is 0 Å². The summed E-state index contributed by atoms with van der Waals surface area (Å²) in [5.41, 5.74) is 0. The number of hydrogen-bond acceptors (Lipinski definition) is 3. The molecular weight excluding hydrogens is 144 g/mol. The molecule has 0 aromatic heterocycles. The maximum Gasteiger partial charge on any atom is 0.136 e. The summed E-state index contributed by atoms with van der Waals surface area (Å²) >= 11 is 0. The van der Waals surface area contributed by atoms with E-state index in [1.54, 1.807) is 0 Å². The molecule has 0 aromatic carbocycles. The van der Waals surface area contributed by atoms with Crippen molar-refractivity contribution in [1.29, 1.82) is 0 Å². The summed E-state index contributed by atoms with van der Waals surface area (Å²) in [5, 5.41) is 0. The summed E-state index contributed by atoms with van der Waals surface area (Å²) in [4.78, 5) is 28.6. The van der Waals surface area contributed by atoms with Gasteiger partial charge in [-0.1, -0.05) is 6.92 Å². The van der Waals surface area contributed by atoms with Gasteiger partial charge in [-0.25, -0.2) is 0 Å². The molecule has 0 bridgehead atoms. The molecule has 0 atom stereocenters. The van der Waals surface area contributed by atoms with Crippen molar-refractivity contribution >= 4 is 18.4 Å². The zero-order valence-electron chi connectivity index (χ0n) is 7.00. The first kappa shape index (κ1) is 12.7. The van der Waals surface area contributed by atoms with Crippen LogP contribution in [0.15, 0.2) is 0 Å². The van der Waals surface area contributed by atoms with Gasteiger partial charge in [-0.15, -0.1) is 0 Å². The van der Waals surface area contributed by atoms with Gasteiger partial charge in [0.25, 0.3) is 0 Å². The number of unbranched alkanes of at least 4 members (excludes halogenated alkanes) is 1. The second kappa shape index (κ2) is 11.8. The van der Waals surface area contributed by atoms with Gasteiger partial charge in [0.2, 0.25) is 0 Å². The average Bonchev–Trinajstić information content (AvgIpc) is 1.90. The number of carbonyl (C=O) groups is 3. The van der Waals surface area contributed by atoms with Crippen molar-refractivity contribution in [2.24, 2.45) is 0 Å². The minimum Gasteiger partial charge on any atom is -0.303 e. The lowest BCUT2D eigenvalue weighted by Gasteiger charge is -1.71. The molecule has 0 saturated heterocycles. The molecule has 0 rings (SSSR count). The summed E-state index contributed by atoms with van der Waals surface area (Å²) in [7, 11) is 0. The second-order valence-corrected chi connectivity index (χ2v) is 2.03. The Labute approximate surface area is 66.8 Å². The SMILES string of the molecule is CC(=O)CC=O.CCCC=O. The highest BCUT2D eigenvalue weighted by Crippen LogP contribution is 1.74. The molecule has 64 valence electrons. The number of hydrogen-bond donors (Lipinski definition) is 0. The molecule has 0 amide bonds. The molecule has 0 N–H and O–H groups in total. The van der Waals surface area contributed by atoms with Crippen LogP contribution in [0.25, 0.3) is 0 Å². The first-order valence-electron chi connectivity index (χ1n) is 3.55. The fraction of sp³-hybridized carbons (Fsp3) is 0.625. The molecule has 3 heteroatoms. The number of rotatable bonds is 4. The van der Waals surface area contributed by atoms with Gasteiger partial charge in [-0.2, -0.15) is 0 Å². The molecular formula is C8H14O3. The Bertz CT molecular complexity index is 119. The third kappa shape index (κ3) is 27.5. The summed E-state index contributed by atoms with van der Waals surface area (Å²) in [6.45, 7) is 3.36. The predicted octanol–water partition coefficient (Wildman–Crippen LogP) is 1.15. The van der Waals surface area contributed by atoms with E-state index in [9.17, 15) is 14.4 Å². The maximum atomic E-state index is 9.81. The molecule has 3 nitrogen and oxygen atoms in total. The van der Waals surface area contributed by atoms with Crippen molar-refractivity contribution in [2.75, 3.05) is 0 Å². The molecule has 0 fully saturated rings. The van der Waals surface area contributed by atoms with E-state index in [1.165, 1.54) is 6.92 Å². The number of carbonyl (C=O) groups excluding carboxylic acids is 3. The summed E-state index contributed by atoms with van der Waals surface area (Å²) in [5.74, 6) is -0.0787. The molecule has 0 aliphatic carbocycles. The van der Waals surface area contributed by atoms with Crippen LogP contribution in [0.3, 0.4) is 0 Å². The van der Waals surface area contributed by atoms with Gasteiger partial charge < -0.3 is 9.59 Å².